The number of carbonyl (C=O) groups is 1. The molecule has 0 spiro atoms. The molecule has 3 rings (SSSR count). The maximum absolute atomic E-state index is 12.8. The van der Waals surface area contributed by atoms with E-state index >= 15 is 0 Å². The van der Waals surface area contributed by atoms with Gasteiger partial charge in [-0.1, -0.05) is 91.4 Å². The van der Waals surface area contributed by atoms with E-state index in [1.54, 1.807) is 11.0 Å². The SMILES string of the molecule is CCCCc1ccc(N2C(=O)C(=CC(Cl)=Cc3ccccc3)SC2=S)cc1. The van der Waals surface area contributed by atoms with E-state index in [9.17, 15) is 4.79 Å². The number of hydrogen-bond donors (Lipinski definition) is 0. The number of allylic oxidation sites excluding steroid dienone is 2. The smallest absolute Gasteiger partial charge is 0.268 e. The third kappa shape index (κ3) is 5.10. The van der Waals surface area contributed by atoms with Crippen LogP contribution >= 0.6 is 35.6 Å². The molecule has 0 N–H and O–H groups in total. The molecule has 27 heavy (non-hydrogen) atoms. The van der Waals surface area contributed by atoms with Crippen molar-refractivity contribution in [2.45, 2.75) is 26.2 Å². The highest BCUT2D eigenvalue weighted by molar-refractivity contribution is 8.27. The molecule has 2 aromatic rings. The van der Waals surface area contributed by atoms with Crippen LogP contribution in [0.5, 0.6) is 0 Å². The third-order valence-electron chi connectivity index (χ3n) is 4.18. The van der Waals surface area contributed by atoms with Crippen LogP contribution in [0.1, 0.15) is 30.9 Å². The molecular weight excluding hydrogens is 394 g/mol. The lowest BCUT2D eigenvalue weighted by molar-refractivity contribution is -0.113. The van der Waals surface area contributed by atoms with Crippen LogP contribution in [0.15, 0.2) is 70.6 Å². The molecular formula is C22H20ClNOS2. The number of hydrogen-bond acceptors (Lipinski definition) is 3. The Bertz CT molecular complexity index is 888. The lowest BCUT2D eigenvalue weighted by Gasteiger charge is -2.15. The fourth-order valence-electron chi connectivity index (χ4n) is 2.76. The zero-order chi connectivity index (χ0) is 19.2. The van der Waals surface area contributed by atoms with Crippen molar-refractivity contribution in [1.29, 1.82) is 0 Å². The molecule has 1 saturated heterocycles. The standard InChI is InChI=1S/C22H20ClNOS2/c1-2-3-7-16-10-12-19(13-11-16)24-21(25)20(27-22(24)26)15-18(23)14-17-8-5-4-6-9-17/h4-6,8-15H,2-3,7H2,1H3. The van der Waals surface area contributed by atoms with Crippen LogP contribution in [0.3, 0.4) is 0 Å². The first-order valence-electron chi connectivity index (χ1n) is 8.87. The predicted octanol–water partition coefficient (Wildman–Crippen LogP) is 6.56. The van der Waals surface area contributed by atoms with Gasteiger partial charge in [-0.25, -0.2) is 0 Å². The maximum Gasteiger partial charge on any atom is 0.270 e. The molecule has 0 aliphatic carbocycles. The van der Waals surface area contributed by atoms with Gasteiger partial charge in [0.25, 0.3) is 5.91 Å². The summed E-state index contributed by atoms with van der Waals surface area (Å²) in [5, 5.41) is 0.497. The number of rotatable bonds is 6. The number of thioether (sulfide) groups is 1. The molecule has 2 aromatic carbocycles. The van der Waals surface area contributed by atoms with Crippen LogP contribution in [-0.2, 0) is 11.2 Å². The minimum atomic E-state index is -0.133. The van der Waals surface area contributed by atoms with Gasteiger partial charge in [0.2, 0.25) is 0 Å². The first-order chi connectivity index (χ1) is 13.1. The molecule has 0 bridgehead atoms. The molecule has 0 unspecified atom stereocenters. The summed E-state index contributed by atoms with van der Waals surface area (Å²) in [6, 6.07) is 17.8. The highest BCUT2D eigenvalue weighted by Gasteiger charge is 2.33. The molecule has 1 aliphatic heterocycles. The molecule has 2 nitrogen and oxygen atoms in total. The van der Waals surface area contributed by atoms with Gasteiger partial charge in [0.05, 0.1) is 10.6 Å². The fraction of sp³-hybridized carbons (Fsp3) is 0.182. The van der Waals surface area contributed by atoms with Gasteiger partial charge >= 0.3 is 0 Å². The predicted molar refractivity (Wildman–Crippen MR) is 121 cm³/mol. The van der Waals surface area contributed by atoms with E-state index in [0.717, 1.165) is 24.1 Å². The Morgan fingerprint density at radius 3 is 2.52 bits per heavy atom. The first-order valence-corrected chi connectivity index (χ1v) is 10.5. The molecule has 1 amide bonds. The lowest BCUT2D eigenvalue weighted by atomic mass is 10.1. The fourth-order valence-corrected chi connectivity index (χ4v) is 4.35. The van der Waals surface area contributed by atoms with Gasteiger partial charge in [-0.2, -0.15) is 0 Å². The second-order valence-corrected chi connectivity index (χ2v) is 8.34. The Morgan fingerprint density at radius 2 is 1.85 bits per heavy atom. The summed E-state index contributed by atoms with van der Waals surface area (Å²) in [6.45, 7) is 2.18. The highest BCUT2D eigenvalue weighted by atomic mass is 35.5. The molecule has 1 aliphatic rings. The van der Waals surface area contributed by atoms with Crippen LogP contribution in [0.2, 0.25) is 0 Å². The van der Waals surface area contributed by atoms with E-state index in [4.69, 9.17) is 23.8 Å². The highest BCUT2D eigenvalue weighted by Crippen LogP contribution is 2.36. The van der Waals surface area contributed by atoms with Crippen LogP contribution in [0, 0.1) is 0 Å². The van der Waals surface area contributed by atoms with Crippen LogP contribution in [-0.4, -0.2) is 10.2 Å². The normalized spacial score (nSPS) is 16.4. The van der Waals surface area contributed by atoms with Crippen molar-refractivity contribution in [1.82, 2.24) is 0 Å². The Labute approximate surface area is 174 Å². The monoisotopic (exact) mass is 413 g/mol. The summed E-state index contributed by atoms with van der Waals surface area (Å²) in [6.07, 6.45) is 6.89. The van der Waals surface area contributed by atoms with Crippen molar-refractivity contribution < 1.29 is 4.79 Å². The maximum atomic E-state index is 12.8. The van der Waals surface area contributed by atoms with Gasteiger partial charge in [-0.05, 0) is 48.3 Å². The number of unbranched alkanes of at least 4 members (excludes halogenated alkanes) is 1. The van der Waals surface area contributed by atoms with E-state index in [1.807, 2.05) is 48.5 Å². The summed E-state index contributed by atoms with van der Waals surface area (Å²) in [5.74, 6) is -0.133. The van der Waals surface area contributed by atoms with E-state index in [-0.39, 0.29) is 5.91 Å². The van der Waals surface area contributed by atoms with Crippen molar-refractivity contribution in [2.24, 2.45) is 0 Å². The van der Waals surface area contributed by atoms with Gasteiger partial charge in [-0.15, -0.1) is 0 Å². The minimum Gasteiger partial charge on any atom is -0.268 e. The number of aryl methyl sites for hydroxylation is 1. The van der Waals surface area contributed by atoms with Crippen LogP contribution < -0.4 is 4.90 Å². The van der Waals surface area contributed by atoms with Gasteiger partial charge < -0.3 is 0 Å². The second kappa shape index (κ2) is 9.36. The number of amides is 1. The van der Waals surface area contributed by atoms with Crippen molar-refractivity contribution in [3.8, 4) is 0 Å². The molecule has 1 fully saturated rings. The van der Waals surface area contributed by atoms with Crippen molar-refractivity contribution in [3.05, 3.63) is 81.7 Å². The molecule has 0 atom stereocenters. The lowest BCUT2D eigenvalue weighted by Crippen LogP contribution is -2.27. The Hall–Kier alpha value is -1.88. The van der Waals surface area contributed by atoms with Gasteiger partial charge in [-0.3, -0.25) is 9.69 Å². The summed E-state index contributed by atoms with van der Waals surface area (Å²) < 4.78 is 0.525. The van der Waals surface area contributed by atoms with Crippen molar-refractivity contribution in [2.75, 3.05) is 4.90 Å². The molecule has 5 heteroatoms. The second-order valence-electron chi connectivity index (χ2n) is 6.23. The molecule has 0 aromatic heterocycles. The van der Waals surface area contributed by atoms with Crippen molar-refractivity contribution >= 4 is 57.6 Å². The zero-order valence-corrected chi connectivity index (χ0v) is 17.4. The average Bonchev–Trinajstić information content (AvgIpc) is 2.94. The quantitative estimate of drug-likeness (QED) is 0.395. The Balaban J connectivity index is 1.77. The molecule has 138 valence electrons. The first kappa shape index (κ1) is 19.9. The number of nitrogens with zero attached hydrogens (tertiary/aromatic N) is 1. The van der Waals surface area contributed by atoms with Gasteiger partial charge in [0.15, 0.2) is 4.32 Å². The van der Waals surface area contributed by atoms with E-state index in [0.29, 0.717) is 14.3 Å². The Kier molecular flexibility index (Phi) is 6.89. The van der Waals surface area contributed by atoms with E-state index in [2.05, 4.69) is 19.1 Å². The number of anilines is 1. The molecule has 0 radical (unpaired) electrons. The van der Waals surface area contributed by atoms with Crippen molar-refractivity contribution in [3.63, 3.8) is 0 Å². The summed E-state index contributed by atoms with van der Waals surface area (Å²) in [5.41, 5.74) is 3.05. The molecule has 0 saturated carbocycles. The number of thiocarbonyl (C=S) groups is 1. The summed E-state index contributed by atoms with van der Waals surface area (Å²) >= 11 is 13.0. The Morgan fingerprint density at radius 1 is 1.15 bits per heavy atom. The summed E-state index contributed by atoms with van der Waals surface area (Å²) in [4.78, 5) is 14.9. The minimum absolute atomic E-state index is 0.133. The molecule has 1 heterocycles. The number of carbonyl (C=O) groups excluding carboxylic acids is 1. The number of benzene rings is 2. The number of halogens is 1. The zero-order valence-electron chi connectivity index (χ0n) is 15.0. The topological polar surface area (TPSA) is 20.3 Å². The summed E-state index contributed by atoms with van der Waals surface area (Å²) in [7, 11) is 0. The largest absolute Gasteiger partial charge is 0.270 e. The van der Waals surface area contributed by atoms with E-state index < -0.39 is 0 Å². The van der Waals surface area contributed by atoms with E-state index in [1.165, 1.54) is 23.7 Å². The average molecular weight is 414 g/mol. The van der Waals surface area contributed by atoms with Gasteiger partial charge in [0.1, 0.15) is 0 Å². The van der Waals surface area contributed by atoms with Gasteiger partial charge in [0, 0.05) is 5.03 Å². The van der Waals surface area contributed by atoms with Crippen LogP contribution in [0.25, 0.3) is 6.08 Å². The third-order valence-corrected chi connectivity index (χ3v) is 5.70. The van der Waals surface area contributed by atoms with Crippen LogP contribution in [0.4, 0.5) is 5.69 Å².